The Morgan fingerprint density at radius 1 is 1.21 bits per heavy atom. The molecule has 10 heteroatoms. The summed E-state index contributed by atoms with van der Waals surface area (Å²) in [7, 11) is 3.24. The summed E-state index contributed by atoms with van der Waals surface area (Å²) in [6.07, 6.45) is 4.88. The molecule has 0 atom stereocenters. The second-order valence-corrected chi connectivity index (χ2v) is 7.43. The van der Waals surface area contributed by atoms with Gasteiger partial charge in [0.05, 0.1) is 6.61 Å². The lowest BCUT2D eigenvalue weighted by Gasteiger charge is -2.37. The first-order chi connectivity index (χ1) is 13.9. The minimum Gasteiger partial charge on any atom is -0.502 e. The van der Waals surface area contributed by atoms with E-state index in [-0.39, 0.29) is 17.9 Å². The predicted octanol–water partition coefficient (Wildman–Crippen LogP) is -0.603. The second-order valence-electron chi connectivity index (χ2n) is 7.43. The molecule has 0 radical (unpaired) electrons. The molecule has 0 unspecified atom stereocenters. The summed E-state index contributed by atoms with van der Waals surface area (Å²) in [4.78, 5) is 41.6. The van der Waals surface area contributed by atoms with E-state index in [0.29, 0.717) is 19.7 Å². The highest BCUT2D eigenvalue weighted by Gasteiger charge is 2.32. The first-order valence-corrected chi connectivity index (χ1v) is 9.93. The van der Waals surface area contributed by atoms with Gasteiger partial charge in [-0.3, -0.25) is 24.1 Å². The number of ether oxygens (including phenoxy) is 1. The summed E-state index contributed by atoms with van der Waals surface area (Å²) in [6.45, 7) is 4.08. The van der Waals surface area contributed by atoms with Gasteiger partial charge in [0.2, 0.25) is 5.43 Å². The zero-order valence-electron chi connectivity index (χ0n) is 17.0. The van der Waals surface area contributed by atoms with Crippen molar-refractivity contribution >= 4 is 11.8 Å². The molecular formula is C19H29N5O5. The molecule has 1 saturated heterocycles. The Morgan fingerprint density at radius 3 is 2.62 bits per heavy atom. The topological polar surface area (TPSA) is 107 Å². The van der Waals surface area contributed by atoms with E-state index in [0.717, 1.165) is 32.5 Å². The van der Waals surface area contributed by atoms with Crippen molar-refractivity contribution < 1.29 is 19.4 Å². The van der Waals surface area contributed by atoms with Crippen LogP contribution < -0.4 is 15.8 Å². The first-order valence-electron chi connectivity index (χ1n) is 9.93. The van der Waals surface area contributed by atoms with Crippen LogP contribution in [0.3, 0.4) is 0 Å². The fraction of sp³-hybridized carbons (Fsp3) is 0.632. The molecule has 0 aliphatic carbocycles. The zero-order chi connectivity index (χ0) is 21.0. The van der Waals surface area contributed by atoms with Crippen molar-refractivity contribution in [3.8, 4) is 5.75 Å². The number of aromatic nitrogens is 1. The lowest BCUT2D eigenvalue weighted by Crippen LogP contribution is -2.53. The Morgan fingerprint density at radius 2 is 1.93 bits per heavy atom. The Hall–Kier alpha value is -2.59. The fourth-order valence-corrected chi connectivity index (χ4v) is 3.73. The van der Waals surface area contributed by atoms with Gasteiger partial charge in [-0.2, -0.15) is 0 Å². The van der Waals surface area contributed by atoms with Gasteiger partial charge in [-0.15, -0.1) is 0 Å². The van der Waals surface area contributed by atoms with E-state index in [1.807, 2.05) is 0 Å². The number of nitrogens with zero attached hydrogens (tertiary/aromatic N) is 4. The molecule has 3 heterocycles. The Labute approximate surface area is 169 Å². The van der Waals surface area contributed by atoms with Gasteiger partial charge in [-0.25, -0.2) is 0 Å². The van der Waals surface area contributed by atoms with Crippen molar-refractivity contribution in [3.63, 3.8) is 0 Å². The van der Waals surface area contributed by atoms with Crippen molar-refractivity contribution in [2.45, 2.75) is 19.3 Å². The molecular weight excluding hydrogens is 378 g/mol. The van der Waals surface area contributed by atoms with Crippen molar-refractivity contribution in [3.05, 3.63) is 27.7 Å². The van der Waals surface area contributed by atoms with Crippen LogP contribution in [0.25, 0.3) is 0 Å². The maximum absolute atomic E-state index is 12.7. The highest BCUT2D eigenvalue weighted by molar-refractivity contribution is 5.99. The summed E-state index contributed by atoms with van der Waals surface area (Å²) in [5.74, 6) is -1.75. The van der Waals surface area contributed by atoms with Crippen molar-refractivity contribution in [2.24, 2.45) is 0 Å². The van der Waals surface area contributed by atoms with Crippen LogP contribution in [0.1, 0.15) is 40.1 Å². The summed E-state index contributed by atoms with van der Waals surface area (Å²) in [5.41, 5.74) is -1.18. The van der Waals surface area contributed by atoms with E-state index < -0.39 is 23.0 Å². The molecule has 2 aliphatic heterocycles. The molecule has 2 N–H and O–H groups in total. The van der Waals surface area contributed by atoms with E-state index in [2.05, 4.69) is 10.2 Å². The smallest absolute Gasteiger partial charge is 0.277 e. The number of piperidine rings is 1. The fourth-order valence-electron chi connectivity index (χ4n) is 3.73. The molecule has 0 saturated carbocycles. The number of likely N-dealkylation sites (tertiary alicyclic amines) is 1. The molecule has 3 rings (SSSR count). The lowest BCUT2D eigenvalue weighted by molar-refractivity contribution is 0.0629. The number of pyridine rings is 1. The lowest BCUT2D eigenvalue weighted by atomic mass is 10.1. The van der Waals surface area contributed by atoms with Gasteiger partial charge in [0.1, 0.15) is 12.2 Å². The highest BCUT2D eigenvalue weighted by Crippen LogP contribution is 2.20. The van der Waals surface area contributed by atoms with Gasteiger partial charge < -0.3 is 25.0 Å². The van der Waals surface area contributed by atoms with Crippen LogP contribution in [0.4, 0.5) is 0 Å². The summed E-state index contributed by atoms with van der Waals surface area (Å²) >= 11 is 0. The molecule has 0 aromatic carbocycles. The normalized spacial score (nSPS) is 17.4. The van der Waals surface area contributed by atoms with Crippen molar-refractivity contribution in [2.75, 3.05) is 65.2 Å². The van der Waals surface area contributed by atoms with E-state index in [1.54, 1.807) is 12.1 Å². The van der Waals surface area contributed by atoms with Gasteiger partial charge in [0.15, 0.2) is 11.4 Å². The Bertz CT molecular complexity index is 818. The molecule has 160 valence electrons. The molecule has 0 bridgehead atoms. The molecule has 1 fully saturated rings. The van der Waals surface area contributed by atoms with Gasteiger partial charge in [0.25, 0.3) is 11.8 Å². The summed E-state index contributed by atoms with van der Waals surface area (Å²) < 4.78 is 6.37. The number of nitrogens with one attached hydrogen (secondary N) is 1. The molecule has 29 heavy (non-hydrogen) atoms. The number of hydrogen-bond acceptors (Lipinski definition) is 7. The van der Waals surface area contributed by atoms with Gasteiger partial charge in [-0.05, 0) is 25.9 Å². The molecule has 10 nitrogen and oxygen atoms in total. The van der Waals surface area contributed by atoms with E-state index in [4.69, 9.17) is 4.74 Å². The van der Waals surface area contributed by atoms with Gasteiger partial charge >= 0.3 is 0 Å². The van der Waals surface area contributed by atoms with Gasteiger partial charge in [-0.1, -0.05) is 6.42 Å². The average Bonchev–Trinajstić information content (AvgIpc) is 2.72. The Kier molecular flexibility index (Phi) is 6.75. The maximum atomic E-state index is 12.7. The number of methoxy groups -OCH3 is 1. The zero-order valence-corrected chi connectivity index (χ0v) is 17.0. The van der Waals surface area contributed by atoms with Gasteiger partial charge in [0, 0.05) is 40.0 Å². The minimum absolute atomic E-state index is 0.148. The molecule has 1 aromatic heterocycles. The third-order valence-corrected chi connectivity index (χ3v) is 5.37. The molecule has 2 aliphatic rings. The van der Waals surface area contributed by atoms with Crippen LogP contribution in [0, 0.1) is 0 Å². The number of hydrogen-bond donors (Lipinski definition) is 2. The maximum Gasteiger partial charge on any atom is 0.277 e. The highest BCUT2D eigenvalue weighted by atomic mass is 16.5. The first kappa shape index (κ1) is 21.1. The molecule has 0 spiro atoms. The number of fused-ring (bicyclic) bond motifs is 1. The predicted molar refractivity (Wildman–Crippen MR) is 107 cm³/mol. The summed E-state index contributed by atoms with van der Waals surface area (Å²) in [6, 6.07) is 0. The number of carbonyl (C=O) groups is 2. The summed E-state index contributed by atoms with van der Waals surface area (Å²) in [5, 5.41) is 14.8. The minimum atomic E-state index is -0.845. The third kappa shape index (κ3) is 4.54. The van der Waals surface area contributed by atoms with E-state index in [9.17, 15) is 19.5 Å². The number of carbonyl (C=O) groups excluding carboxylic acids is 2. The van der Waals surface area contributed by atoms with Crippen LogP contribution in [0.2, 0.25) is 0 Å². The number of aromatic hydroxyl groups is 1. The van der Waals surface area contributed by atoms with Crippen molar-refractivity contribution in [1.29, 1.82) is 0 Å². The average molecular weight is 407 g/mol. The SMILES string of the molecule is COCCN1CN(C)n2cc(C(=O)NCCN3CCCCC3)c(=O)c(O)c2C1=O. The molecule has 1 aromatic rings. The van der Waals surface area contributed by atoms with Crippen LogP contribution in [-0.2, 0) is 4.74 Å². The van der Waals surface area contributed by atoms with Crippen LogP contribution in [0.15, 0.2) is 11.0 Å². The van der Waals surface area contributed by atoms with Crippen LogP contribution in [0.5, 0.6) is 5.75 Å². The standard InChI is InChI=1S/C19H29N5O5/c1-21-13-23(10-11-29-2)19(28)15-17(26)16(25)14(12-24(15)21)18(27)20-6-9-22-7-4-3-5-8-22/h12,26H,3-11,13H2,1-2H3,(H,20,27). The molecule has 2 amide bonds. The third-order valence-electron chi connectivity index (χ3n) is 5.37. The van der Waals surface area contributed by atoms with E-state index >= 15 is 0 Å². The monoisotopic (exact) mass is 407 g/mol. The van der Waals surface area contributed by atoms with Crippen molar-refractivity contribution in [1.82, 2.24) is 19.8 Å². The second kappa shape index (κ2) is 9.27. The quantitative estimate of drug-likeness (QED) is 0.621. The van der Waals surface area contributed by atoms with Crippen LogP contribution >= 0.6 is 0 Å². The number of rotatable bonds is 7. The van der Waals surface area contributed by atoms with E-state index in [1.165, 1.54) is 29.3 Å². The van der Waals surface area contributed by atoms with Crippen LogP contribution in [-0.4, -0.2) is 91.6 Å². The Balaban J connectivity index is 1.75. The number of amides is 2. The largest absolute Gasteiger partial charge is 0.502 e.